The molecule has 1 aromatic heterocycles. The number of β-amino-alcohol motifs (C(OH)–C–C–N with tert-alkyl or cyclic N) is 1. The number of hydrogen-bond acceptors (Lipinski definition) is 5. The van der Waals surface area contributed by atoms with Crippen LogP contribution in [0.2, 0.25) is 0 Å². The van der Waals surface area contributed by atoms with Crippen molar-refractivity contribution >= 4 is 11.7 Å². The van der Waals surface area contributed by atoms with E-state index in [9.17, 15) is 9.90 Å². The summed E-state index contributed by atoms with van der Waals surface area (Å²) in [4.78, 5) is 22.8. The molecule has 1 saturated heterocycles. The van der Waals surface area contributed by atoms with Crippen LogP contribution >= 0.6 is 0 Å². The molecule has 1 aliphatic rings. The molecule has 1 atom stereocenters. The molecule has 0 bridgehead atoms. The smallest absolute Gasteiger partial charge is 0.257 e. The number of hydrogen-bond donors (Lipinski definition) is 1. The van der Waals surface area contributed by atoms with Gasteiger partial charge in [0.25, 0.3) is 5.91 Å². The number of piperazine rings is 1. The fraction of sp³-hybridized carbons (Fsp3) is 0.600. The first kappa shape index (κ1) is 15.7. The van der Waals surface area contributed by atoms with E-state index in [1.807, 2.05) is 30.0 Å². The van der Waals surface area contributed by atoms with E-state index in [-0.39, 0.29) is 12.0 Å². The number of aliphatic hydroxyl groups excluding tert-OH is 1. The highest BCUT2D eigenvalue weighted by Crippen LogP contribution is 2.17. The Bertz CT molecular complexity index is 482. The van der Waals surface area contributed by atoms with E-state index in [0.717, 1.165) is 13.1 Å². The molecule has 1 aliphatic heterocycles. The van der Waals surface area contributed by atoms with Crippen LogP contribution in [-0.2, 0) is 0 Å². The minimum Gasteiger partial charge on any atom is -0.392 e. The fourth-order valence-electron chi connectivity index (χ4n) is 2.60. The number of carbonyl (C=O) groups is 1. The second-order valence-electron chi connectivity index (χ2n) is 5.71. The Morgan fingerprint density at radius 2 is 2.05 bits per heavy atom. The third kappa shape index (κ3) is 3.92. The SMILES string of the molecule is C[C@H](O)CN1CCN(C(=O)c2cccnc2N(C)C)CC1. The van der Waals surface area contributed by atoms with E-state index in [0.29, 0.717) is 31.0 Å². The first-order valence-electron chi connectivity index (χ1n) is 7.31. The lowest BCUT2D eigenvalue weighted by molar-refractivity contribution is 0.0554. The lowest BCUT2D eigenvalue weighted by Crippen LogP contribution is -2.50. The lowest BCUT2D eigenvalue weighted by Gasteiger charge is -2.35. The molecule has 0 aromatic carbocycles. The van der Waals surface area contributed by atoms with Gasteiger partial charge in [0.1, 0.15) is 5.82 Å². The number of aliphatic hydroxyl groups is 1. The van der Waals surface area contributed by atoms with Gasteiger partial charge >= 0.3 is 0 Å². The largest absolute Gasteiger partial charge is 0.392 e. The summed E-state index contributed by atoms with van der Waals surface area (Å²) in [5, 5.41) is 9.42. The number of carbonyl (C=O) groups excluding carboxylic acids is 1. The van der Waals surface area contributed by atoms with E-state index < -0.39 is 0 Å². The average Bonchev–Trinajstić information content (AvgIpc) is 2.46. The van der Waals surface area contributed by atoms with Gasteiger partial charge in [-0.25, -0.2) is 4.98 Å². The van der Waals surface area contributed by atoms with Gasteiger partial charge in [-0.1, -0.05) is 0 Å². The summed E-state index contributed by atoms with van der Waals surface area (Å²) in [6, 6.07) is 3.62. The molecule has 1 aromatic rings. The molecule has 0 radical (unpaired) electrons. The normalized spacial score (nSPS) is 17.6. The first-order chi connectivity index (χ1) is 9.99. The van der Waals surface area contributed by atoms with Crippen LogP contribution in [0.1, 0.15) is 17.3 Å². The summed E-state index contributed by atoms with van der Waals surface area (Å²) < 4.78 is 0. The molecule has 0 aliphatic carbocycles. The van der Waals surface area contributed by atoms with Gasteiger partial charge in [0.15, 0.2) is 0 Å². The molecule has 0 saturated carbocycles. The number of aromatic nitrogens is 1. The van der Waals surface area contributed by atoms with Crippen LogP contribution in [0, 0.1) is 0 Å². The maximum Gasteiger partial charge on any atom is 0.257 e. The number of pyridine rings is 1. The van der Waals surface area contributed by atoms with Crippen LogP contribution in [0.4, 0.5) is 5.82 Å². The van der Waals surface area contributed by atoms with Crippen molar-refractivity contribution in [2.24, 2.45) is 0 Å². The molecule has 0 spiro atoms. The fourth-order valence-corrected chi connectivity index (χ4v) is 2.60. The van der Waals surface area contributed by atoms with Crippen molar-refractivity contribution < 1.29 is 9.90 Å². The van der Waals surface area contributed by atoms with Gasteiger partial charge in [0.05, 0.1) is 11.7 Å². The predicted octanol–water partition coefficient (Wildman–Crippen LogP) is 0.286. The summed E-state index contributed by atoms with van der Waals surface area (Å²) in [7, 11) is 3.78. The van der Waals surface area contributed by atoms with Gasteiger partial charge in [-0.2, -0.15) is 0 Å². The summed E-state index contributed by atoms with van der Waals surface area (Å²) in [6.45, 7) is 5.43. The van der Waals surface area contributed by atoms with Gasteiger partial charge < -0.3 is 14.9 Å². The van der Waals surface area contributed by atoms with Crippen molar-refractivity contribution in [3.8, 4) is 0 Å². The van der Waals surface area contributed by atoms with E-state index in [4.69, 9.17) is 0 Å². The van der Waals surface area contributed by atoms with E-state index >= 15 is 0 Å². The highest BCUT2D eigenvalue weighted by molar-refractivity contribution is 5.98. The van der Waals surface area contributed by atoms with Gasteiger partial charge in [0, 0.05) is 53.0 Å². The minimum atomic E-state index is -0.328. The molecular formula is C15H24N4O2. The number of nitrogens with zero attached hydrogens (tertiary/aromatic N) is 4. The number of rotatable bonds is 4. The van der Waals surface area contributed by atoms with Crippen LogP contribution in [0.25, 0.3) is 0 Å². The first-order valence-corrected chi connectivity index (χ1v) is 7.31. The van der Waals surface area contributed by atoms with Crippen molar-refractivity contribution in [1.29, 1.82) is 0 Å². The number of amides is 1. The van der Waals surface area contributed by atoms with Gasteiger partial charge in [0.2, 0.25) is 0 Å². The van der Waals surface area contributed by atoms with Gasteiger partial charge in [-0.3, -0.25) is 9.69 Å². The molecule has 2 rings (SSSR count). The van der Waals surface area contributed by atoms with Crippen LogP contribution < -0.4 is 4.90 Å². The van der Waals surface area contributed by atoms with Crippen LogP contribution in [0.15, 0.2) is 18.3 Å². The maximum atomic E-state index is 12.6. The Balaban J connectivity index is 2.02. The third-order valence-corrected chi connectivity index (χ3v) is 3.62. The van der Waals surface area contributed by atoms with Crippen LogP contribution in [0.3, 0.4) is 0 Å². The quantitative estimate of drug-likeness (QED) is 0.864. The Hall–Kier alpha value is -1.66. The Morgan fingerprint density at radius 3 is 2.62 bits per heavy atom. The second kappa shape index (κ2) is 6.87. The molecule has 1 amide bonds. The van der Waals surface area contributed by atoms with Crippen molar-refractivity contribution in [3.63, 3.8) is 0 Å². The molecule has 1 fully saturated rings. The predicted molar refractivity (Wildman–Crippen MR) is 82.6 cm³/mol. The van der Waals surface area contributed by atoms with Gasteiger partial charge in [-0.15, -0.1) is 0 Å². The van der Waals surface area contributed by atoms with E-state index in [1.165, 1.54) is 0 Å². The van der Waals surface area contributed by atoms with Crippen molar-refractivity contribution in [3.05, 3.63) is 23.9 Å². The second-order valence-corrected chi connectivity index (χ2v) is 5.71. The van der Waals surface area contributed by atoms with Crippen LogP contribution in [-0.4, -0.2) is 78.7 Å². The van der Waals surface area contributed by atoms with Crippen LogP contribution in [0.5, 0.6) is 0 Å². The summed E-state index contributed by atoms with van der Waals surface area (Å²) >= 11 is 0. The standard InChI is InChI=1S/C15H24N4O2/c1-12(20)11-18-7-9-19(10-8-18)15(21)13-5-4-6-16-14(13)17(2)3/h4-6,12,20H,7-11H2,1-3H3/t12-/m0/s1. The van der Waals surface area contributed by atoms with Crippen molar-refractivity contribution in [2.75, 3.05) is 51.7 Å². The highest BCUT2D eigenvalue weighted by Gasteiger charge is 2.24. The highest BCUT2D eigenvalue weighted by atomic mass is 16.3. The summed E-state index contributed by atoms with van der Waals surface area (Å²) in [5.74, 6) is 0.734. The Labute approximate surface area is 126 Å². The molecule has 6 heteroatoms. The Morgan fingerprint density at radius 1 is 1.38 bits per heavy atom. The molecule has 1 N–H and O–H groups in total. The lowest BCUT2D eigenvalue weighted by atomic mass is 10.2. The van der Waals surface area contributed by atoms with Crippen molar-refractivity contribution in [1.82, 2.24) is 14.8 Å². The molecule has 0 unspecified atom stereocenters. The molecule has 116 valence electrons. The zero-order valence-electron chi connectivity index (χ0n) is 13.0. The topological polar surface area (TPSA) is 59.9 Å². The molecule has 21 heavy (non-hydrogen) atoms. The minimum absolute atomic E-state index is 0.0310. The summed E-state index contributed by atoms with van der Waals surface area (Å²) in [6.07, 6.45) is 1.37. The number of anilines is 1. The van der Waals surface area contributed by atoms with E-state index in [2.05, 4.69) is 9.88 Å². The zero-order chi connectivity index (χ0) is 15.4. The van der Waals surface area contributed by atoms with Gasteiger partial charge in [-0.05, 0) is 19.1 Å². The third-order valence-electron chi connectivity index (χ3n) is 3.62. The molecular weight excluding hydrogens is 268 g/mol. The zero-order valence-corrected chi connectivity index (χ0v) is 13.0. The monoisotopic (exact) mass is 292 g/mol. The molecule has 6 nitrogen and oxygen atoms in total. The van der Waals surface area contributed by atoms with Crippen molar-refractivity contribution in [2.45, 2.75) is 13.0 Å². The Kier molecular flexibility index (Phi) is 5.14. The molecule has 2 heterocycles. The van der Waals surface area contributed by atoms with E-state index in [1.54, 1.807) is 19.2 Å². The maximum absolute atomic E-state index is 12.6. The summed E-state index contributed by atoms with van der Waals surface area (Å²) in [5.41, 5.74) is 0.645. The average molecular weight is 292 g/mol.